The van der Waals surface area contributed by atoms with E-state index >= 15 is 0 Å². The van der Waals surface area contributed by atoms with Crippen molar-refractivity contribution >= 4 is 17.2 Å². The molecule has 1 atom stereocenters. The van der Waals surface area contributed by atoms with Crippen LogP contribution in [-0.2, 0) is 13.2 Å². The van der Waals surface area contributed by atoms with Crippen molar-refractivity contribution in [3.05, 3.63) is 82.3 Å². The van der Waals surface area contributed by atoms with E-state index in [4.69, 9.17) is 4.74 Å². The minimum absolute atomic E-state index is 0.0300. The number of carbonyl (C=O) groups excluding carboxylic acids is 1. The molecule has 28 heavy (non-hydrogen) atoms. The summed E-state index contributed by atoms with van der Waals surface area (Å²) >= 11 is 1.55. The fraction of sp³-hybridized carbons (Fsp3) is 0.273. The lowest BCUT2D eigenvalue weighted by Gasteiger charge is -2.17. The number of thiazole rings is 1. The number of hydrogen-bond acceptors (Lipinski definition) is 5. The molecule has 0 spiro atoms. The molecule has 1 aromatic heterocycles. The Hall–Kier alpha value is -2.70. The molecular weight excluding hydrogens is 370 g/mol. The minimum Gasteiger partial charge on any atom is -0.487 e. The highest BCUT2D eigenvalue weighted by molar-refractivity contribution is 7.07. The van der Waals surface area contributed by atoms with Crippen LogP contribution >= 0.6 is 11.3 Å². The Morgan fingerprint density at radius 2 is 2.00 bits per heavy atom. The van der Waals surface area contributed by atoms with Crippen molar-refractivity contribution in [1.29, 1.82) is 0 Å². The maximum absolute atomic E-state index is 12.5. The molecule has 2 aromatic carbocycles. The molecule has 6 heteroatoms. The zero-order chi connectivity index (χ0) is 19.2. The van der Waals surface area contributed by atoms with Crippen LogP contribution in [0.3, 0.4) is 0 Å². The van der Waals surface area contributed by atoms with Crippen molar-refractivity contribution in [2.45, 2.75) is 25.6 Å². The van der Waals surface area contributed by atoms with E-state index in [1.165, 1.54) is 5.56 Å². The van der Waals surface area contributed by atoms with Crippen LogP contribution in [-0.4, -0.2) is 34.9 Å². The monoisotopic (exact) mass is 393 g/mol. The van der Waals surface area contributed by atoms with Crippen LogP contribution < -0.4 is 10.1 Å². The summed E-state index contributed by atoms with van der Waals surface area (Å²) in [5.74, 6) is 0.706. The number of aromatic nitrogens is 1. The van der Waals surface area contributed by atoms with Gasteiger partial charge in [0.1, 0.15) is 12.4 Å². The van der Waals surface area contributed by atoms with Gasteiger partial charge in [0.15, 0.2) is 0 Å². The van der Waals surface area contributed by atoms with Gasteiger partial charge in [-0.25, -0.2) is 4.98 Å². The summed E-state index contributed by atoms with van der Waals surface area (Å²) in [5, 5.41) is 5.12. The van der Waals surface area contributed by atoms with Crippen LogP contribution in [0.4, 0.5) is 0 Å². The molecule has 2 heterocycles. The summed E-state index contributed by atoms with van der Waals surface area (Å²) in [4.78, 5) is 19.1. The summed E-state index contributed by atoms with van der Waals surface area (Å²) in [7, 11) is 0. The Bertz CT molecular complexity index is 882. The van der Waals surface area contributed by atoms with Crippen molar-refractivity contribution < 1.29 is 9.53 Å². The molecule has 1 amide bonds. The number of amides is 1. The standard InChI is InChI=1S/C22H23N3O2S/c26-22(18-6-8-21(9-7-18)27-14-20-15-28-16-23-20)24-19-10-11-25(13-19)12-17-4-2-1-3-5-17/h1-9,15-16,19H,10-14H2,(H,24,26)/t19-/m0/s1. The molecule has 1 aliphatic rings. The van der Waals surface area contributed by atoms with Crippen molar-refractivity contribution in [2.75, 3.05) is 13.1 Å². The topological polar surface area (TPSA) is 54.5 Å². The highest BCUT2D eigenvalue weighted by atomic mass is 32.1. The number of carbonyl (C=O) groups is 1. The smallest absolute Gasteiger partial charge is 0.251 e. The number of ether oxygens (including phenoxy) is 1. The predicted molar refractivity (Wildman–Crippen MR) is 110 cm³/mol. The first-order chi connectivity index (χ1) is 13.8. The SMILES string of the molecule is O=C(N[C@H]1CCN(Cc2ccccc2)C1)c1ccc(OCc2cscn2)cc1. The zero-order valence-corrected chi connectivity index (χ0v) is 16.4. The summed E-state index contributed by atoms with van der Waals surface area (Å²) in [6.45, 7) is 3.26. The first-order valence-electron chi connectivity index (χ1n) is 9.43. The highest BCUT2D eigenvalue weighted by Gasteiger charge is 2.24. The third-order valence-corrected chi connectivity index (χ3v) is 5.48. The number of nitrogens with one attached hydrogen (secondary N) is 1. The number of rotatable bonds is 7. The molecule has 0 saturated carbocycles. The van der Waals surface area contributed by atoms with Crippen LogP contribution in [0, 0.1) is 0 Å². The van der Waals surface area contributed by atoms with Gasteiger partial charge in [0.2, 0.25) is 0 Å². The number of nitrogens with zero attached hydrogens (tertiary/aromatic N) is 2. The molecule has 4 rings (SSSR count). The summed E-state index contributed by atoms with van der Waals surface area (Å²) < 4.78 is 5.69. The Labute approximate surface area is 169 Å². The predicted octanol–water partition coefficient (Wildman–Crippen LogP) is 3.73. The second-order valence-corrected chi connectivity index (χ2v) is 7.69. The van der Waals surface area contributed by atoms with E-state index in [2.05, 4.69) is 39.5 Å². The molecule has 1 aliphatic heterocycles. The third kappa shape index (κ3) is 4.97. The van der Waals surface area contributed by atoms with Crippen LogP contribution in [0.15, 0.2) is 65.5 Å². The second kappa shape index (κ2) is 8.99. The summed E-state index contributed by atoms with van der Waals surface area (Å²) in [6, 6.07) is 17.9. The Morgan fingerprint density at radius 3 is 2.75 bits per heavy atom. The van der Waals surface area contributed by atoms with E-state index in [0.29, 0.717) is 12.2 Å². The lowest BCUT2D eigenvalue weighted by atomic mass is 10.2. The first-order valence-corrected chi connectivity index (χ1v) is 10.4. The van der Waals surface area contributed by atoms with E-state index in [0.717, 1.165) is 37.5 Å². The van der Waals surface area contributed by atoms with Crippen LogP contribution in [0.1, 0.15) is 28.0 Å². The molecule has 144 valence electrons. The van der Waals surface area contributed by atoms with E-state index in [1.807, 2.05) is 35.7 Å². The molecular formula is C22H23N3O2S. The minimum atomic E-state index is -0.0300. The second-order valence-electron chi connectivity index (χ2n) is 6.97. The highest BCUT2D eigenvalue weighted by Crippen LogP contribution is 2.16. The molecule has 1 fully saturated rings. The molecule has 3 aromatic rings. The van der Waals surface area contributed by atoms with Gasteiger partial charge in [-0.15, -0.1) is 11.3 Å². The Balaban J connectivity index is 1.25. The Morgan fingerprint density at radius 1 is 1.18 bits per heavy atom. The van der Waals surface area contributed by atoms with Gasteiger partial charge < -0.3 is 10.1 Å². The Kier molecular flexibility index (Phi) is 5.99. The number of benzene rings is 2. The van der Waals surface area contributed by atoms with E-state index < -0.39 is 0 Å². The largest absolute Gasteiger partial charge is 0.487 e. The van der Waals surface area contributed by atoms with Gasteiger partial charge in [-0.1, -0.05) is 30.3 Å². The van der Waals surface area contributed by atoms with Gasteiger partial charge in [0, 0.05) is 36.6 Å². The van der Waals surface area contributed by atoms with Gasteiger partial charge >= 0.3 is 0 Å². The molecule has 1 N–H and O–H groups in total. The first kappa shape index (κ1) is 18.7. The lowest BCUT2D eigenvalue weighted by Crippen LogP contribution is -2.36. The van der Waals surface area contributed by atoms with Gasteiger partial charge in [-0.05, 0) is 36.2 Å². The average Bonchev–Trinajstić information content (AvgIpc) is 3.40. The van der Waals surface area contributed by atoms with Crippen molar-refractivity contribution in [3.63, 3.8) is 0 Å². The fourth-order valence-corrected chi connectivity index (χ4v) is 3.92. The van der Waals surface area contributed by atoms with E-state index in [-0.39, 0.29) is 11.9 Å². The van der Waals surface area contributed by atoms with Crippen LogP contribution in [0.25, 0.3) is 0 Å². The van der Waals surface area contributed by atoms with E-state index in [1.54, 1.807) is 16.8 Å². The zero-order valence-electron chi connectivity index (χ0n) is 15.6. The fourth-order valence-electron chi connectivity index (χ4n) is 3.37. The lowest BCUT2D eigenvalue weighted by molar-refractivity contribution is 0.0937. The van der Waals surface area contributed by atoms with Crippen molar-refractivity contribution in [2.24, 2.45) is 0 Å². The quantitative estimate of drug-likeness (QED) is 0.665. The average molecular weight is 394 g/mol. The number of likely N-dealkylation sites (tertiary alicyclic amines) is 1. The van der Waals surface area contributed by atoms with Crippen molar-refractivity contribution in [3.8, 4) is 5.75 Å². The third-order valence-electron chi connectivity index (χ3n) is 4.84. The van der Waals surface area contributed by atoms with Gasteiger partial charge in [-0.3, -0.25) is 9.69 Å². The van der Waals surface area contributed by atoms with Crippen molar-refractivity contribution in [1.82, 2.24) is 15.2 Å². The van der Waals surface area contributed by atoms with Gasteiger partial charge in [0.05, 0.1) is 11.2 Å². The maximum Gasteiger partial charge on any atom is 0.251 e. The molecule has 1 saturated heterocycles. The summed E-state index contributed by atoms with van der Waals surface area (Å²) in [6.07, 6.45) is 0.980. The molecule has 0 bridgehead atoms. The molecule has 0 aliphatic carbocycles. The van der Waals surface area contributed by atoms with Crippen LogP contribution in [0.5, 0.6) is 5.75 Å². The summed E-state index contributed by atoms with van der Waals surface area (Å²) in [5.41, 5.74) is 4.66. The van der Waals surface area contributed by atoms with E-state index in [9.17, 15) is 4.79 Å². The van der Waals surface area contributed by atoms with Gasteiger partial charge in [-0.2, -0.15) is 0 Å². The van der Waals surface area contributed by atoms with Crippen LogP contribution in [0.2, 0.25) is 0 Å². The maximum atomic E-state index is 12.5. The normalized spacial score (nSPS) is 16.8. The van der Waals surface area contributed by atoms with Gasteiger partial charge in [0.25, 0.3) is 5.91 Å². The molecule has 0 radical (unpaired) electrons. The number of hydrogen-bond donors (Lipinski definition) is 1. The molecule has 5 nitrogen and oxygen atoms in total. The molecule has 0 unspecified atom stereocenters.